The molecule has 3 nitrogen and oxygen atoms in total. The van der Waals surface area contributed by atoms with E-state index in [0.717, 1.165) is 6.42 Å². The van der Waals surface area contributed by atoms with Crippen molar-refractivity contribution in [3.63, 3.8) is 0 Å². The van der Waals surface area contributed by atoms with Gasteiger partial charge in [0.15, 0.2) is 0 Å². The molecule has 2 N–H and O–H groups in total. The Morgan fingerprint density at radius 2 is 2.60 bits per heavy atom. The Balaban J connectivity index is 2.40. The molecule has 10 heavy (non-hydrogen) atoms. The molecule has 0 fully saturated rings. The Labute approximate surface area is 60.8 Å². The fraction of sp³-hybridized carbons (Fsp3) is 0.571. The molecule has 0 aliphatic heterocycles. The van der Waals surface area contributed by atoms with Gasteiger partial charge in [-0.3, -0.25) is 5.10 Å². The smallest absolute Gasteiger partial charge is 0.0490 e. The Morgan fingerprint density at radius 1 is 1.80 bits per heavy atom. The van der Waals surface area contributed by atoms with Crippen LogP contribution in [0.4, 0.5) is 0 Å². The summed E-state index contributed by atoms with van der Waals surface area (Å²) in [4.78, 5) is 0. The van der Waals surface area contributed by atoms with E-state index in [4.69, 9.17) is 0 Å². The summed E-state index contributed by atoms with van der Waals surface area (Å²) in [6.45, 7) is 2.14. The van der Waals surface area contributed by atoms with Crippen molar-refractivity contribution in [1.82, 2.24) is 15.5 Å². The predicted molar refractivity (Wildman–Crippen MR) is 40.8 cm³/mol. The van der Waals surface area contributed by atoms with E-state index in [1.54, 1.807) is 6.20 Å². The number of likely N-dealkylation sites (N-methyl/N-ethyl adjacent to an activating group) is 1. The van der Waals surface area contributed by atoms with E-state index in [1.807, 2.05) is 13.1 Å². The number of rotatable bonds is 3. The summed E-state index contributed by atoms with van der Waals surface area (Å²) in [5.41, 5.74) is 1.18. The highest BCUT2D eigenvalue weighted by Crippen LogP contribution is 1.96. The Morgan fingerprint density at radius 3 is 3.10 bits per heavy atom. The third kappa shape index (κ3) is 1.84. The molecule has 1 heterocycles. The zero-order valence-corrected chi connectivity index (χ0v) is 6.39. The van der Waals surface area contributed by atoms with Crippen LogP contribution < -0.4 is 5.32 Å². The standard InChI is InChI=1S/C7H13N3/c1-6(8-2)5-7-3-4-9-10-7/h3-4,6,8H,5H2,1-2H3,(H,9,10). The normalized spacial score (nSPS) is 13.4. The van der Waals surface area contributed by atoms with Gasteiger partial charge in [0, 0.05) is 24.4 Å². The number of hydrogen-bond donors (Lipinski definition) is 2. The Kier molecular flexibility index (Phi) is 2.45. The van der Waals surface area contributed by atoms with Crippen LogP contribution in [0.2, 0.25) is 0 Å². The summed E-state index contributed by atoms with van der Waals surface area (Å²) in [5, 5.41) is 9.92. The first-order valence-electron chi connectivity index (χ1n) is 3.48. The second-order valence-electron chi connectivity index (χ2n) is 2.48. The van der Waals surface area contributed by atoms with Gasteiger partial charge in [0.1, 0.15) is 0 Å². The first kappa shape index (κ1) is 7.28. The molecule has 0 spiro atoms. The third-order valence-corrected chi connectivity index (χ3v) is 1.58. The van der Waals surface area contributed by atoms with Crippen LogP contribution in [0.15, 0.2) is 12.3 Å². The zero-order chi connectivity index (χ0) is 7.40. The quantitative estimate of drug-likeness (QED) is 0.642. The van der Waals surface area contributed by atoms with Crippen LogP contribution in [-0.4, -0.2) is 23.3 Å². The number of aromatic amines is 1. The molecule has 0 aliphatic carbocycles. The monoisotopic (exact) mass is 139 g/mol. The molecule has 3 heteroatoms. The lowest BCUT2D eigenvalue weighted by Crippen LogP contribution is -2.23. The van der Waals surface area contributed by atoms with Gasteiger partial charge in [0.05, 0.1) is 0 Å². The number of hydrogen-bond acceptors (Lipinski definition) is 2. The van der Waals surface area contributed by atoms with Gasteiger partial charge in [-0.25, -0.2) is 0 Å². The van der Waals surface area contributed by atoms with E-state index >= 15 is 0 Å². The highest BCUT2D eigenvalue weighted by molar-refractivity contribution is 4.99. The zero-order valence-electron chi connectivity index (χ0n) is 6.39. The first-order chi connectivity index (χ1) is 4.83. The van der Waals surface area contributed by atoms with Crippen LogP contribution in [0.1, 0.15) is 12.6 Å². The maximum Gasteiger partial charge on any atom is 0.0490 e. The minimum Gasteiger partial charge on any atom is -0.317 e. The van der Waals surface area contributed by atoms with Crippen LogP contribution in [0.25, 0.3) is 0 Å². The SMILES string of the molecule is CNC(C)Cc1ccn[nH]1. The van der Waals surface area contributed by atoms with E-state index in [9.17, 15) is 0 Å². The van der Waals surface area contributed by atoms with Gasteiger partial charge in [-0.05, 0) is 20.0 Å². The van der Waals surface area contributed by atoms with E-state index in [1.165, 1.54) is 5.69 Å². The average Bonchev–Trinajstić information content (AvgIpc) is 2.40. The number of H-pyrrole nitrogens is 1. The van der Waals surface area contributed by atoms with Crippen LogP contribution >= 0.6 is 0 Å². The van der Waals surface area contributed by atoms with Gasteiger partial charge in [0.2, 0.25) is 0 Å². The molecule has 1 atom stereocenters. The van der Waals surface area contributed by atoms with Gasteiger partial charge in [-0.1, -0.05) is 0 Å². The Hall–Kier alpha value is -0.830. The van der Waals surface area contributed by atoms with Gasteiger partial charge < -0.3 is 5.32 Å². The third-order valence-electron chi connectivity index (χ3n) is 1.58. The summed E-state index contributed by atoms with van der Waals surface area (Å²) in [5.74, 6) is 0. The van der Waals surface area contributed by atoms with Crippen molar-refractivity contribution in [2.75, 3.05) is 7.05 Å². The summed E-state index contributed by atoms with van der Waals surface area (Å²) in [6.07, 6.45) is 2.79. The van der Waals surface area contributed by atoms with E-state index < -0.39 is 0 Å². The van der Waals surface area contributed by atoms with Crippen LogP contribution in [-0.2, 0) is 6.42 Å². The van der Waals surface area contributed by atoms with E-state index in [2.05, 4.69) is 22.4 Å². The van der Waals surface area contributed by atoms with Crippen LogP contribution in [0, 0.1) is 0 Å². The van der Waals surface area contributed by atoms with Gasteiger partial charge in [-0.15, -0.1) is 0 Å². The number of aromatic nitrogens is 2. The highest BCUT2D eigenvalue weighted by Gasteiger charge is 1.99. The van der Waals surface area contributed by atoms with Crippen molar-refractivity contribution in [3.8, 4) is 0 Å². The van der Waals surface area contributed by atoms with Gasteiger partial charge >= 0.3 is 0 Å². The average molecular weight is 139 g/mol. The second kappa shape index (κ2) is 3.37. The maximum atomic E-state index is 3.86. The van der Waals surface area contributed by atoms with Crippen LogP contribution in [0.5, 0.6) is 0 Å². The summed E-state index contributed by atoms with van der Waals surface area (Å²) in [7, 11) is 1.96. The molecule has 0 aromatic carbocycles. The lowest BCUT2D eigenvalue weighted by atomic mass is 10.2. The fourth-order valence-electron chi connectivity index (χ4n) is 0.830. The molecule has 0 radical (unpaired) electrons. The minimum atomic E-state index is 0.514. The number of nitrogens with one attached hydrogen (secondary N) is 2. The predicted octanol–water partition coefficient (Wildman–Crippen LogP) is 0.560. The lowest BCUT2D eigenvalue weighted by molar-refractivity contribution is 0.600. The molecule has 0 saturated carbocycles. The molecule has 0 bridgehead atoms. The van der Waals surface area contributed by atoms with E-state index in [0.29, 0.717) is 6.04 Å². The molecule has 0 saturated heterocycles. The summed E-state index contributed by atoms with van der Waals surface area (Å²) < 4.78 is 0. The maximum absolute atomic E-state index is 3.86. The van der Waals surface area contributed by atoms with Crippen molar-refractivity contribution in [2.24, 2.45) is 0 Å². The molecule has 1 aromatic heterocycles. The topological polar surface area (TPSA) is 40.7 Å². The van der Waals surface area contributed by atoms with Crippen LogP contribution in [0.3, 0.4) is 0 Å². The molecular weight excluding hydrogens is 126 g/mol. The molecule has 1 unspecified atom stereocenters. The summed E-state index contributed by atoms with van der Waals surface area (Å²) >= 11 is 0. The van der Waals surface area contributed by atoms with Crippen molar-refractivity contribution < 1.29 is 0 Å². The van der Waals surface area contributed by atoms with Gasteiger partial charge in [0.25, 0.3) is 0 Å². The molecular formula is C7H13N3. The lowest BCUT2D eigenvalue weighted by Gasteiger charge is -2.06. The molecule has 1 rings (SSSR count). The van der Waals surface area contributed by atoms with Gasteiger partial charge in [-0.2, -0.15) is 5.10 Å². The highest BCUT2D eigenvalue weighted by atomic mass is 15.1. The van der Waals surface area contributed by atoms with Crippen molar-refractivity contribution >= 4 is 0 Å². The molecule has 0 aliphatic rings. The largest absolute Gasteiger partial charge is 0.317 e. The number of nitrogens with zero attached hydrogens (tertiary/aromatic N) is 1. The van der Waals surface area contributed by atoms with Crippen molar-refractivity contribution in [2.45, 2.75) is 19.4 Å². The molecule has 0 amide bonds. The summed E-state index contributed by atoms with van der Waals surface area (Å²) in [6, 6.07) is 2.51. The molecule has 56 valence electrons. The first-order valence-corrected chi connectivity index (χ1v) is 3.48. The molecule has 1 aromatic rings. The van der Waals surface area contributed by atoms with E-state index in [-0.39, 0.29) is 0 Å². The minimum absolute atomic E-state index is 0.514. The fourth-order valence-corrected chi connectivity index (χ4v) is 0.830. The second-order valence-corrected chi connectivity index (χ2v) is 2.48. The van der Waals surface area contributed by atoms with Crippen molar-refractivity contribution in [1.29, 1.82) is 0 Å². The Bertz CT molecular complexity index is 169. The van der Waals surface area contributed by atoms with Crippen molar-refractivity contribution in [3.05, 3.63) is 18.0 Å².